The quantitative estimate of drug-likeness (QED) is 0.615. The second-order valence-corrected chi connectivity index (χ2v) is 7.15. The van der Waals surface area contributed by atoms with E-state index in [0.29, 0.717) is 23.7 Å². The Kier molecular flexibility index (Phi) is 5.96. The lowest BCUT2D eigenvalue weighted by molar-refractivity contribution is -0.155. The number of hydrogen-bond donors (Lipinski definition) is 0. The van der Waals surface area contributed by atoms with Crippen LogP contribution >= 0.6 is 0 Å². The molecule has 156 valence electrons. The van der Waals surface area contributed by atoms with Crippen LogP contribution in [0, 0.1) is 0 Å². The number of aliphatic imine (C=N–C) groups is 1. The standard InChI is InChI=1S/C26H24N2O3/c1-30-24-23(18-20-12-6-3-7-13-20)28(19-21-14-8-4-9-15-21)25(29)26(27-24,31-2)22-16-10-5-11-17-22/h3-18H,19H2,1-2H3/b23-18-. The highest BCUT2D eigenvalue weighted by Gasteiger charge is 2.49. The number of carbonyl (C=O) groups is 1. The van der Waals surface area contributed by atoms with Gasteiger partial charge in [-0.3, -0.25) is 9.69 Å². The normalized spacial score (nSPS) is 19.9. The van der Waals surface area contributed by atoms with Crippen LogP contribution in [0.5, 0.6) is 0 Å². The molecule has 31 heavy (non-hydrogen) atoms. The molecule has 0 spiro atoms. The van der Waals surface area contributed by atoms with Crippen molar-refractivity contribution in [2.45, 2.75) is 12.3 Å². The lowest BCUT2D eigenvalue weighted by Crippen LogP contribution is -2.52. The first-order valence-corrected chi connectivity index (χ1v) is 10.1. The summed E-state index contributed by atoms with van der Waals surface area (Å²) in [7, 11) is 3.05. The molecule has 1 aliphatic rings. The summed E-state index contributed by atoms with van der Waals surface area (Å²) >= 11 is 0. The first-order chi connectivity index (χ1) is 15.2. The molecule has 1 atom stereocenters. The molecule has 0 aliphatic carbocycles. The molecule has 3 aromatic rings. The van der Waals surface area contributed by atoms with Gasteiger partial charge in [0, 0.05) is 12.7 Å². The Labute approximate surface area is 182 Å². The molecular formula is C26H24N2O3. The molecule has 1 heterocycles. The number of benzene rings is 3. The Morgan fingerprint density at radius 2 is 1.45 bits per heavy atom. The summed E-state index contributed by atoms with van der Waals surface area (Å²) in [6.07, 6.45) is 1.91. The maximum atomic E-state index is 13.9. The monoisotopic (exact) mass is 412 g/mol. The third-order valence-corrected chi connectivity index (χ3v) is 5.24. The van der Waals surface area contributed by atoms with Gasteiger partial charge in [-0.25, -0.2) is 4.99 Å². The van der Waals surface area contributed by atoms with Crippen LogP contribution in [0.2, 0.25) is 0 Å². The minimum absolute atomic E-state index is 0.270. The fraction of sp³-hybridized carbons (Fsp3) is 0.154. The van der Waals surface area contributed by atoms with Crippen molar-refractivity contribution in [2.24, 2.45) is 4.99 Å². The zero-order chi connectivity index (χ0) is 21.7. The molecule has 0 bridgehead atoms. The van der Waals surface area contributed by atoms with Crippen molar-refractivity contribution in [1.29, 1.82) is 0 Å². The van der Waals surface area contributed by atoms with E-state index < -0.39 is 5.72 Å². The number of amides is 1. The molecular weight excluding hydrogens is 388 g/mol. The van der Waals surface area contributed by atoms with E-state index in [4.69, 9.17) is 9.47 Å². The maximum Gasteiger partial charge on any atom is 0.287 e. The predicted octanol–water partition coefficient (Wildman–Crippen LogP) is 4.61. The van der Waals surface area contributed by atoms with E-state index >= 15 is 0 Å². The summed E-state index contributed by atoms with van der Waals surface area (Å²) < 4.78 is 11.5. The van der Waals surface area contributed by atoms with Crippen LogP contribution in [0.1, 0.15) is 16.7 Å². The van der Waals surface area contributed by atoms with Crippen LogP contribution in [0.4, 0.5) is 0 Å². The third-order valence-electron chi connectivity index (χ3n) is 5.24. The van der Waals surface area contributed by atoms with Crippen molar-refractivity contribution in [2.75, 3.05) is 14.2 Å². The fourth-order valence-electron chi connectivity index (χ4n) is 3.68. The Morgan fingerprint density at radius 3 is 2.03 bits per heavy atom. The summed E-state index contributed by atoms with van der Waals surface area (Å²) in [6.45, 7) is 0.360. The molecule has 0 fully saturated rings. The summed E-state index contributed by atoms with van der Waals surface area (Å²) in [5.74, 6) is 0.0677. The lowest BCUT2D eigenvalue weighted by atomic mass is 9.98. The number of ether oxygens (including phenoxy) is 2. The minimum atomic E-state index is -1.52. The molecule has 5 nitrogen and oxygen atoms in total. The number of nitrogens with zero attached hydrogens (tertiary/aromatic N) is 2. The summed E-state index contributed by atoms with van der Waals surface area (Å²) in [5.41, 5.74) is 1.65. The molecule has 1 amide bonds. The van der Waals surface area contributed by atoms with Gasteiger partial charge in [0.15, 0.2) is 0 Å². The molecule has 1 aliphatic heterocycles. The van der Waals surface area contributed by atoms with Crippen molar-refractivity contribution < 1.29 is 14.3 Å². The van der Waals surface area contributed by atoms with E-state index in [-0.39, 0.29) is 5.91 Å². The SMILES string of the molecule is COC1=NC(OC)(c2ccccc2)C(=O)N(Cc2ccccc2)/C1=C\c1ccccc1. The molecule has 3 aromatic carbocycles. The minimum Gasteiger partial charge on any atom is -0.480 e. The smallest absolute Gasteiger partial charge is 0.287 e. The molecule has 1 unspecified atom stereocenters. The second kappa shape index (κ2) is 8.98. The highest BCUT2D eigenvalue weighted by atomic mass is 16.5. The average Bonchev–Trinajstić information content (AvgIpc) is 2.84. The first kappa shape index (κ1) is 20.6. The number of methoxy groups -OCH3 is 2. The van der Waals surface area contributed by atoms with Crippen molar-refractivity contribution in [3.63, 3.8) is 0 Å². The Morgan fingerprint density at radius 1 is 0.871 bits per heavy atom. The summed E-state index contributed by atoms with van der Waals surface area (Å²) in [4.78, 5) is 20.3. The Hall–Kier alpha value is -3.70. The fourth-order valence-corrected chi connectivity index (χ4v) is 3.68. The Balaban J connectivity index is 1.90. The molecule has 0 saturated carbocycles. The van der Waals surface area contributed by atoms with Gasteiger partial charge in [0.2, 0.25) is 5.90 Å². The van der Waals surface area contributed by atoms with Gasteiger partial charge in [0.05, 0.1) is 13.7 Å². The molecule has 4 rings (SSSR count). The second-order valence-electron chi connectivity index (χ2n) is 7.15. The van der Waals surface area contributed by atoms with E-state index in [0.717, 1.165) is 11.1 Å². The molecule has 0 saturated heterocycles. The van der Waals surface area contributed by atoms with Gasteiger partial charge in [0.1, 0.15) is 5.70 Å². The van der Waals surface area contributed by atoms with E-state index in [2.05, 4.69) is 4.99 Å². The predicted molar refractivity (Wildman–Crippen MR) is 121 cm³/mol. The number of carbonyl (C=O) groups excluding carboxylic acids is 1. The van der Waals surface area contributed by atoms with Gasteiger partial charge in [-0.05, 0) is 17.2 Å². The number of rotatable bonds is 5. The lowest BCUT2D eigenvalue weighted by Gasteiger charge is -2.39. The van der Waals surface area contributed by atoms with Crippen LogP contribution in [0.15, 0.2) is 102 Å². The molecule has 0 N–H and O–H groups in total. The van der Waals surface area contributed by atoms with Crippen molar-refractivity contribution in [3.05, 3.63) is 113 Å². The number of hydrogen-bond acceptors (Lipinski definition) is 4. The van der Waals surface area contributed by atoms with Crippen LogP contribution in [0.25, 0.3) is 6.08 Å². The highest BCUT2D eigenvalue weighted by molar-refractivity contribution is 6.07. The highest BCUT2D eigenvalue weighted by Crippen LogP contribution is 2.37. The molecule has 0 radical (unpaired) electrons. The van der Waals surface area contributed by atoms with Gasteiger partial charge < -0.3 is 9.47 Å². The van der Waals surface area contributed by atoms with Gasteiger partial charge >= 0.3 is 0 Å². The van der Waals surface area contributed by atoms with Crippen molar-refractivity contribution in [3.8, 4) is 0 Å². The van der Waals surface area contributed by atoms with E-state index in [1.807, 2.05) is 97.1 Å². The van der Waals surface area contributed by atoms with Crippen molar-refractivity contribution in [1.82, 2.24) is 4.90 Å². The van der Waals surface area contributed by atoms with Crippen LogP contribution in [-0.2, 0) is 26.5 Å². The van der Waals surface area contributed by atoms with Crippen LogP contribution in [-0.4, -0.2) is 30.9 Å². The van der Waals surface area contributed by atoms with Gasteiger partial charge in [0.25, 0.3) is 11.6 Å². The Bertz CT molecular complexity index is 1100. The molecule has 5 heteroatoms. The zero-order valence-electron chi connectivity index (χ0n) is 17.6. The third kappa shape index (κ3) is 4.00. The average molecular weight is 412 g/mol. The van der Waals surface area contributed by atoms with Crippen LogP contribution < -0.4 is 0 Å². The van der Waals surface area contributed by atoms with E-state index in [9.17, 15) is 4.79 Å². The van der Waals surface area contributed by atoms with Gasteiger partial charge in [-0.1, -0.05) is 91.0 Å². The molecule has 0 aromatic heterocycles. The largest absolute Gasteiger partial charge is 0.480 e. The van der Waals surface area contributed by atoms with Crippen molar-refractivity contribution >= 4 is 17.9 Å². The van der Waals surface area contributed by atoms with E-state index in [1.165, 1.54) is 7.11 Å². The maximum absolute atomic E-state index is 13.9. The first-order valence-electron chi connectivity index (χ1n) is 10.1. The summed E-state index contributed by atoms with van der Waals surface area (Å²) in [5, 5.41) is 0. The summed E-state index contributed by atoms with van der Waals surface area (Å²) in [6, 6.07) is 28.9. The van der Waals surface area contributed by atoms with E-state index in [1.54, 1.807) is 12.0 Å². The van der Waals surface area contributed by atoms with Gasteiger partial charge in [-0.2, -0.15) is 0 Å². The topological polar surface area (TPSA) is 51.1 Å². The zero-order valence-corrected chi connectivity index (χ0v) is 17.6. The van der Waals surface area contributed by atoms with Gasteiger partial charge in [-0.15, -0.1) is 0 Å². The van der Waals surface area contributed by atoms with Crippen LogP contribution in [0.3, 0.4) is 0 Å².